The van der Waals surface area contributed by atoms with Gasteiger partial charge < -0.3 is 10.4 Å². The first-order valence-electron chi connectivity index (χ1n) is 5.50. The van der Waals surface area contributed by atoms with Gasteiger partial charge in [0.25, 0.3) is 5.91 Å². The molecule has 1 fully saturated rings. The Morgan fingerprint density at radius 2 is 1.94 bits per heavy atom. The third-order valence-electron chi connectivity index (χ3n) is 2.67. The second-order valence-electron chi connectivity index (χ2n) is 4.02. The Bertz CT molecular complexity index is 495. The zero-order chi connectivity index (χ0) is 13.1. The van der Waals surface area contributed by atoms with E-state index in [2.05, 4.69) is 10.6 Å². The van der Waals surface area contributed by atoms with Crippen LogP contribution >= 0.6 is 0 Å². The average molecular weight is 248 g/mol. The minimum atomic E-state index is -0.691. The number of nitrogens with one attached hydrogen (secondary N) is 2. The van der Waals surface area contributed by atoms with E-state index in [4.69, 9.17) is 5.11 Å². The summed E-state index contributed by atoms with van der Waals surface area (Å²) < 4.78 is 0. The van der Waals surface area contributed by atoms with Gasteiger partial charge in [-0.05, 0) is 30.7 Å². The first kappa shape index (κ1) is 12.1. The lowest BCUT2D eigenvalue weighted by Gasteiger charge is -2.21. The predicted molar refractivity (Wildman–Crippen MR) is 61.7 cm³/mol. The summed E-state index contributed by atoms with van der Waals surface area (Å²) in [7, 11) is 0. The highest BCUT2D eigenvalue weighted by molar-refractivity contribution is 6.03. The van der Waals surface area contributed by atoms with Gasteiger partial charge in [-0.1, -0.05) is 0 Å². The average Bonchev–Trinajstić information content (AvgIpc) is 2.33. The largest absolute Gasteiger partial charge is 0.508 e. The van der Waals surface area contributed by atoms with Crippen molar-refractivity contribution in [3.63, 3.8) is 0 Å². The number of aromatic hydroxyl groups is 1. The highest BCUT2D eigenvalue weighted by atomic mass is 16.3. The normalized spacial score (nSPS) is 19.2. The van der Waals surface area contributed by atoms with Gasteiger partial charge in [-0.25, -0.2) is 0 Å². The van der Waals surface area contributed by atoms with Crippen molar-refractivity contribution in [2.75, 3.05) is 0 Å². The van der Waals surface area contributed by atoms with Crippen molar-refractivity contribution in [3.05, 3.63) is 29.8 Å². The molecule has 3 N–H and O–H groups in total. The molecule has 0 spiro atoms. The van der Waals surface area contributed by atoms with Gasteiger partial charge in [0.1, 0.15) is 11.8 Å². The van der Waals surface area contributed by atoms with Crippen LogP contribution in [0.1, 0.15) is 23.2 Å². The number of imide groups is 1. The summed E-state index contributed by atoms with van der Waals surface area (Å²) >= 11 is 0. The molecular formula is C12H12N2O4. The number of carbonyl (C=O) groups is 3. The summed E-state index contributed by atoms with van der Waals surface area (Å²) in [5, 5.41) is 13.8. The first-order chi connectivity index (χ1) is 8.56. The molecule has 6 heteroatoms. The predicted octanol–water partition coefficient (Wildman–Crippen LogP) is -0.0728. The molecule has 0 aliphatic carbocycles. The molecule has 3 amide bonds. The molecule has 1 aromatic carbocycles. The van der Waals surface area contributed by atoms with E-state index in [0.29, 0.717) is 12.0 Å². The number of hydrogen-bond acceptors (Lipinski definition) is 4. The van der Waals surface area contributed by atoms with Crippen LogP contribution in [-0.4, -0.2) is 28.9 Å². The summed E-state index contributed by atoms with van der Waals surface area (Å²) in [5.41, 5.74) is 0.345. The van der Waals surface area contributed by atoms with E-state index in [0.717, 1.165) is 0 Å². The molecule has 0 aromatic heterocycles. The van der Waals surface area contributed by atoms with Gasteiger partial charge in [-0.15, -0.1) is 0 Å². The Hall–Kier alpha value is -2.37. The van der Waals surface area contributed by atoms with E-state index >= 15 is 0 Å². The Kier molecular flexibility index (Phi) is 3.27. The number of phenolic OH excluding ortho intramolecular Hbond substituents is 1. The minimum absolute atomic E-state index is 0.0626. The highest BCUT2D eigenvalue weighted by Crippen LogP contribution is 2.11. The summed E-state index contributed by atoms with van der Waals surface area (Å²) in [6.07, 6.45) is 0.515. The van der Waals surface area contributed by atoms with Crippen LogP contribution in [0.4, 0.5) is 0 Å². The SMILES string of the molecule is O=C1CC[C@H](NC(=O)c2ccc(O)cc2)C(=O)N1. The van der Waals surface area contributed by atoms with E-state index in [1.807, 2.05) is 0 Å². The van der Waals surface area contributed by atoms with E-state index in [-0.39, 0.29) is 18.1 Å². The molecule has 1 atom stereocenters. The lowest BCUT2D eigenvalue weighted by Crippen LogP contribution is -2.52. The van der Waals surface area contributed by atoms with Gasteiger partial charge in [0.05, 0.1) is 0 Å². The number of rotatable bonds is 2. The van der Waals surface area contributed by atoms with Crippen LogP contribution in [0.2, 0.25) is 0 Å². The summed E-state index contributed by atoms with van der Waals surface area (Å²) in [6.45, 7) is 0. The molecule has 0 saturated carbocycles. The van der Waals surface area contributed by atoms with Crippen LogP contribution in [0, 0.1) is 0 Å². The molecule has 0 bridgehead atoms. The fraction of sp³-hybridized carbons (Fsp3) is 0.250. The fourth-order valence-electron chi connectivity index (χ4n) is 1.69. The lowest BCUT2D eigenvalue weighted by atomic mass is 10.1. The monoisotopic (exact) mass is 248 g/mol. The number of carbonyl (C=O) groups excluding carboxylic acids is 3. The maximum Gasteiger partial charge on any atom is 0.251 e. The lowest BCUT2D eigenvalue weighted by molar-refractivity contribution is -0.134. The van der Waals surface area contributed by atoms with Gasteiger partial charge >= 0.3 is 0 Å². The van der Waals surface area contributed by atoms with Crippen molar-refractivity contribution in [2.24, 2.45) is 0 Å². The zero-order valence-electron chi connectivity index (χ0n) is 9.47. The highest BCUT2D eigenvalue weighted by Gasteiger charge is 2.27. The summed E-state index contributed by atoms with van der Waals surface area (Å²) in [4.78, 5) is 34.2. The molecule has 1 aliphatic rings. The van der Waals surface area contributed by atoms with E-state index in [9.17, 15) is 14.4 Å². The number of phenols is 1. The van der Waals surface area contributed by atoms with Gasteiger partial charge in [0.2, 0.25) is 11.8 Å². The zero-order valence-corrected chi connectivity index (χ0v) is 9.47. The van der Waals surface area contributed by atoms with Crippen molar-refractivity contribution in [2.45, 2.75) is 18.9 Å². The Balaban J connectivity index is 2.01. The van der Waals surface area contributed by atoms with Gasteiger partial charge in [0.15, 0.2) is 0 Å². The Morgan fingerprint density at radius 3 is 2.56 bits per heavy atom. The fourth-order valence-corrected chi connectivity index (χ4v) is 1.69. The number of benzene rings is 1. The molecule has 1 heterocycles. The van der Waals surface area contributed by atoms with Crippen LogP contribution in [-0.2, 0) is 9.59 Å². The van der Waals surface area contributed by atoms with E-state index < -0.39 is 17.9 Å². The van der Waals surface area contributed by atoms with Gasteiger partial charge in [-0.2, -0.15) is 0 Å². The topological polar surface area (TPSA) is 95.5 Å². The smallest absolute Gasteiger partial charge is 0.251 e. The van der Waals surface area contributed by atoms with Crippen molar-refractivity contribution >= 4 is 17.7 Å². The van der Waals surface area contributed by atoms with Crippen LogP contribution in [0.5, 0.6) is 5.75 Å². The molecule has 1 aliphatic heterocycles. The van der Waals surface area contributed by atoms with E-state index in [1.165, 1.54) is 24.3 Å². The molecular weight excluding hydrogens is 236 g/mol. The summed E-state index contributed by atoms with van der Waals surface area (Å²) in [5.74, 6) is -1.16. The second-order valence-corrected chi connectivity index (χ2v) is 4.02. The molecule has 6 nitrogen and oxygen atoms in total. The number of piperidine rings is 1. The van der Waals surface area contributed by atoms with Crippen molar-refractivity contribution in [3.8, 4) is 5.75 Å². The molecule has 94 valence electrons. The minimum Gasteiger partial charge on any atom is -0.508 e. The van der Waals surface area contributed by atoms with Gasteiger partial charge in [0, 0.05) is 12.0 Å². The van der Waals surface area contributed by atoms with Crippen LogP contribution < -0.4 is 10.6 Å². The number of amides is 3. The molecule has 0 unspecified atom stereocenters. The Labute approximate surface area is 103 Å². The second kappa shape index (κ2) is 4.87. The maximum atomic E-state index is 11.8. The summed E-state index contributed by atoms with van der Waals surface area (Å²) in [6, 6.07) is 5.00. The first-order valence-corrected chi connectivity index (χ1v) is 5.50. The van der Waals surface area contributed by atoms with E-state index in [1.54, 1.807) is 0 Å². The van der Waals surface area contributed by atoms with Crippen LogP contribution in [0.25, 0.3) is 0 Å². The molecule has 18 heavy (non-hydrogen) atoms. The molecule has 1 aromatic rings. The third-order valence-corrected chi connectivity index (χ3v) is 2.67. The van der Waals surface area contributed by atoms with Crippen molar-refractivity contribution in [1.29, 1.82) is 0 Å². The van der Waals surface area contributed by atoms with Crippen LogP contribution in [0.15, 0.2) is 24.3 Å². The van der Waals surface area contributed by atoms with Crippen LogP contribution in [0.3, 0.4) is 0 Å². The Morgan fingerprint density at radius 1 is 1.28 bits per heavy atom. The maximum absolute atomic E-state index is 11.8. The standard InChI is InChI=1S/C12H12N2O4/c15-8-3-1-7(2-4-8)11(17)13-9-5-6-10(16)14-12(9)18/h1-4,9,15H,5-6H2,(H,13,17)(H,14,16,18)/t9-/m0/s1. The molecule has 0 radical (unpaired) electrons. The molecule has 1 saturated heterocycles. The number of hydrogen-bond donors (Lipinski definition) is 3. The van der Waals surface area contributed by atoms with Gasteiger partial charge in [-0.3, -0.25) is 19.7 Å². The quantitative estimate of drug-likeness (QED) is 0.638. The van der Waals surface area contributed by atoms with Crippen molar-refractivity contribution in [1.82, 2.24) is 10.6 Å². The van der Waals surface area contributed by atoms with Crippen molar-refractivity contribution < 1.29 is 19.5 Å². The molecule has 2 rings (SSSR count). The third kappa shape index (κ3) is 2.65.